The van der Waals surface area contributed by atoms with E-state index in [2.05, 4.69) is 0 Å². The highest BCUT2D eigenvalue weighted by atomic mass is 16.2. The van der Waals surface area contributed by atoms with Gasteiger partial charge in [0.2, 0.25) is 0 Å². The topological polar surface area (TPSA) is 20.2 Å². The van der Waals surface area contributed by atoms with Crippen LogP contribution in [0.1, 0.15) is 6.42 Å². The van der Waals surface area contributed by atoms with Gasteiger partial charge in [-0.2, -0.15) is 0 Å². The van der Waals surface area contributed by atoms with Gasteiger partial charge in [0.15, 0.2) is 0 Å². The summed E-state index contributed by atoms with van der Waals surface area (Å²) in [5.74, 6) is 0. The third-order valence-corrected chi connectivity index (χ3v) is 1.13. The summed E-state index contributed by atoms with van der Waals surface area (Å²) in [4.78, 5) is 0. The lowest BCUT2D eigenvalue weighted by Crippen LogP contribution is -1.84. The van der Waals surface area contributed by atoms with Crippen LogP contribution in [-0.2, 0) is 0 Å². The lowest BCUT2D eigenvalue weighted by molar-refractivity contribution is 0.300. The first-order chi connectivity index (χ1) is 3.93. The predicted octanol–water partition coefficient (Wildman–Crippen LogP) is 1.07. The fourth-order valence-electron chi connectivity index (χ4n) is 0.710. The molecule has 1 rings (SSSR count). The molecule has 0 bridgehead atoms. The summed E-state index contributed by atoms with van der Waals surface area (Å²) < 4.78 is 0. The Balaban J connectivity index is 2.28. The summed E-state index contributed by atoms with van der Waals surface area (Å²) in [5.41, 5.74) is 1.22. The van der Waals surface area contributed by atoms with E-state index in [9.17, 15) is 0 Å². The fourth-order valence-corrected chi connectivity index (χ4v) is 0.710. The van der Waals surface area contributed by atoms with Gasteiger partial charge in [0.1, 0.15) is 0 Å². The van der Waals surface area contributed by atoms with Crippen LogP contribution in [0, 0.1) is 6.42 Å². The van der Waals surface area contributed by atoms with Crippen molar-refractivity contribution in [3.8, 4) is 0 Å². The Morgan fingerprint density at radius 1 is 1.38 bits per heavy atom. The van der Waals surface area contributed by atoms with Crippen LogP contribution in [0.5, 0.6) is 0 Å². The van der Waals surface area contributed by atoms with Crippen molar-refractivity contribution in [1.82, 2.24) is 0 Å². The Bertz CT molecular complexity index is 122. The number of hydrogen-bond acceptors (Lipinski definition) is 1. The van der Waals surface area contributed by atoms with Crippen LogP contribution in [0.15, 0.2) is 23.8 Å². The second kappa shape index (κ2) is 2.68. The van der Waals surface area contributed by atoms with Crippen LogP contribution in [0.25, 0.3) is 0 Å². The maximum atomic E-state index is 8.44. The lowest BCUT2D eigenvalue weighted by atomic mass is 10.2. The third kappa shape index (κ3) is 1.20. The van der Waals surface area contributed by atoms with E-state index in [1.807, 2.05) is 24.6 Å². The Morgan fingerprint density at radius 3 is 2.75 bits per heavy atom. The molecule has 0 aromatic carbocycles. The van der Waals surface area contributed by atoms with Gasteiger partial charge in [0.25, 0.3) is 0 Å². The molecule has 0 atom stereocenters. The molecule has 0 aliphatic heterocycles. The average Bonchev–Trinajstić information content (AvgIpc) is 2.19. The molecule has 0 fully saturated rings. The molecule has 1 aliphatic carbocycles. The van der Waals surface area contributed by atoms with E-state index in [0.717, 1.165) is 6.42 Å². The van der Waals surface area contributed by atoms with Crippen LogP contribution in [-0.4, -0.2) is 11.7 Å². The van der Waals surface area contributed by atoms with Crippen molar-refractivity contribution < 1.29 is 5.11 Å². The maximum absolute atomic E-state index is 8.44. The first-order valence-corrected chi connectivity index (χ1v) is 2.75. The minimum Gasteiger partial charge on any atom is -0.396 e. The van der Waals surface area contributed by atoms with E-state index in [1.165, 1.54) is 5.57 Å². The molecular formula is C7H9O. The van der Waals surface area contributed by atoms with Crippen LogP contribution in [0.3, 0.4) is 0 Å². The summed E-state index contributed by atoms with van der Waals surface area (Å²) in [6, 6.07) is 0. The highest BCUT2D eigenvalue weighted by Crippen LogP contribution is 2.11. The summed E-state index contributed by atoms with van der Waals surface area (Å²) in [7, 11) is 0. The predicted molar refractivity (Wildman–Crippen MR) is 33.2 cm³/mol. The molecule has 0 amide bonds. The van der Waals surface area contributed by atoms with Crippen molar-refractivity contribution >= 4 is 0 Å². The molecule has 0 aromatic rings. The fraction of sp³-hybridized carbons (Fsp3) is 0.286. The van der Waals surface area contributed by atoms with Gasteiger partial charge in [-0.25, -0.2) is 0 Å². The zero-order valence-electron chi connectivity index (χ0n) is 4.67. The number of aliphatic hydroxyl groups is 1. The van der Waals surface area contributed by atoms with E-state index in [-0.39, 0.29) is 6.61 Å². The van der Waals surface area contributed by atoms with Crippen molar-refractivity contribution in [3.05, 3.63) is 30.2 Å². The monoisotopic (exact) mass is 109 g/mol. The van der Waals surface area contributed by atoms with E-state index in [4.69, 9.17) is 5.11 Å². The summed E-state index contributed by atoms with van der Waals surface area (Å²) in [5, 5.41) is 8.44. The quantitative estimate of drug-likeness (QED) is 0.562. The zero-order valence-corrected chi connectivity index (χ0v) is 4.67. The zero-order chi connectivity index (χ0) is 5.82. The maximum Gasteiger partial charge on any atom is 0.0468 e. The Labute approximate surface area is 49.3 Å². The number of rotatable bonds is 2. The van der Waals surface area contributed by atoms with Gasteiger partial charge in [-0.1, -0.05) is 23.8 Å². The van der Waals surface area contributed by atoms with Gasteiger partial charge in [-0.3, -0.25) is 0 Å². The summed E-state index contributed by atoms with van der Waals surface area (Å²) >= 11 is 0. The Kier molecular flexibility index (Phi) is 1.86. The Morgan fingerprint density at radius 2 is 2.25 bits per heavy atom. The normalized spacial score (nSPS) is 16.9. The van der Waals surface area contributed by atoms with Gasteiger partial charge in [-0.15, -0.1) is 0 Å². The molecule has 1 heteroatoms. The molecule has 1 radical (unpaired) electrons. The minimum atomic E-state index is 0.254. The standard InChI is InChI=1S/C7H9O/c8-6-5-7-3-1-2-4-7/h1-4,8H,5-6H2. The molecule has 1 N–H and O–H groups in total. The summed E-state index contributed by atoms with van der Waals surface area (Å²) in [6.07, 6.45) is 8.76. The first kappa shape index (κ1) is 5.57. The number of allylic oxidation sites excluding steroid dienone is 3. The highest BCUT2D eigenvalue weighted by Gasteiger charge is 1.96. The van der Waals surface area contributed by atoms with Crippen molar-refractivity contribution in [2.75, 3.05) is 6.61 Å². The van der Waals surface area contributed by atoms with Crippen molar-refractivity contribution in [2.45, 2.75) is 6.42 Å². The second-order valence-corrected chi connectivity index (χ2v) is 1.77. The van der Waals surface area contributed by atoms with Crippen molar-refractivity contribution in [2.24, 2.45) is 0 Å². The van der Waals surface area contributed by atoms with E-state index in [1.54, 1.807) is 0 Å². The van der Waals surface area contributed by atoms with Gasteiger partial charge in [0.05, 0.1) is 0 Å². The van der Waals surface area contributed by atoms with E-state index in [0.29, 0.717) is 0 Å². The third-order valence-electron chi connectivity index (χ3n) is 1.13. The van der Waals surface area contributed by atoms with Crippen molar-refractivity contribution in [3.63, 3.8) is 0 Å². The average molecular weight is 109 g/mol. The molecule has 1 aliphatic rings. The van der Waals surface area contributed by atoms with Gasteiger partial charge in [-0.05, 0) is 6.42 Å². The molecule has 8 heavy (non-hydrogen) atoms. The van der Waals surface area contributed by atoms with E-state index >= 15 is 0 Å². The molecule has 0 saturated heterocycles. The molecule has 0 heterocycles. The molecule has 0 unspecified atom stereocenters. The molecule has 0 saturated carbocycles. The molecule has 0 aromatic heterocycles. The lowest BCUT2D eigenvalue weighted by Gasteiger charge is -1.92. The number of aliphatic hydroxyl groups excluding tert-OH is 1. The van der Waals surface area contributed by atoms with Gasteiger partial charge < -0.3 is 5.11 Å². The number of hydrogen-bond donors (Lipinski definition) is 1. The van der Waals surface area contributed by atoms with Crippen molar-refractivity contribution in [1.29, 1.82) is 0 Å². The van der Waals surface area contributed by atoms with Gasteiger partial charge in [0, 0.05) is 13.0 Å². The van der Waals surface area contributed by atoms with Crippen LogP contribution in [0.4, 0.5) is 0 Å². The highest BCUT2D eigenvalue weighted by molar-refractivity contribution is 5.33. The smallest absolute Gasteiger partial charge is 0.0468 e. The van der Waals surface area contributed by atoms with Crippen LogP contribution >= 0.6 is 0 Å². The van der Waals surface area contributed by atoms with E-state index < -0.39 is 0 Å². The molecular weight excluding hydrogens is 100 g/mol. The molecule has 0 spiro atoms. The SMILES string of the molecule is OCCC1=CC=C[CH]1. The largest absolute Gasteiger partial charge is 0.396 e. The summed E-state index contributed by atoms with van der Waals surface area (Å²) in [6.45, 7) is 0.254. The second-order valence-electron chi connectivity index (χ2n) is 1.77. The van der Waals surface area contributed by atoms with Gasteiger partial charge >= 0.3 is 0 Å². The molecule has 1 nitrogen and oxygen atoms in total. The van der Waals surface area contributed by atoms with Crippen LogP contribution < -0.4 is 0 Å². The molecule has 43 valence electrons. The minimum absolute atomic E-state index is 0.254. The van der Waals surface area contributed by atoms with Crippen LogP contribution in [0.2, 0.25) is 0 Å². The Hall–Kier alpha value is -0.560. The first-order valence-electron chi connectivity index (χ1n) is 2.75.